The lowest BCUT2D eigenvalue weighted by molar-refractivity contribution is 0.565. The van der Waals surface area contributed by atoms with Crippen LogP contribution in [0.25, 0.3) is 5.13 Å². The smallest absolute Gasteiger partial charge is 0.229 e. The van der Waals surface area contributed by atoms with Crippen molar-refractivity contribution < 1.29 is 8.42 Å². The van der Waals surface area contributed by atoms with E-state index in [1.807, 2.05) is 35.7 Å². The van der Waals surface area contributed by atoms with E-state index in [0.717, 1.165) is 39.7 Å². The van der Waals surface area contributed by atoms with Gasteiger partial charge in [0.2, 0.25) is 10.0 Å². The van der Waals surface area contributed by atoms with Gasteiger partial charge in [-0.15, -0.1) is 11.3 Å². The number of thiocarbonyl (C=S) groups is 1. The van der Waals surface area contributed by atoms with Crippen molar-refractivity contribution in [3.05, 3.63) is 88.9 Å². The molecule has 35 heavy (non-hydrogen) atoms. The van der Waals surface area contributed by atoms with E-state index in [2.05, 4.69) is 49.4 Å². The van der Waals surface area contributed by atoms with Gasteiger partial charge in [0, 0.05) is 40.5 Å². The zero-order valence-electron chi connectivity index (χ0n) is 19.3. The van der Waals surface area contributed by atoms with Gasteiger partial charge < -0.3 is 10.2 Å². The Bertz CT molecular complexity index is 1470. The fraction of sp³-hybridized carbons (Fsp3) is 0.208. The Morgan fingerprint density at radius 1 is 1.09 bits per heavy atom. The normalized spacial score (nSPS) is 18.0. The second kappa shape index (κ2) is 9.06. The molecule has 1 fully saturated rings. The molecule has 8 nitrogen and oxygen atoms in total. The highest BCUT2D eigenvalue weighted by Gasteiger charge is 2.42. The standard InChI is InChI=1S/C24H24N6O2S3/c1-15-14-19(16(2)29(15)24-26-12-13-34-24)22-21(20-6-4-5-11-25-20)27-23(33)30(22)18-9-7-17(8-10-18)28-35(3,31)32/h4-14,21-22,28H,1-3H3,(H,27,33)/t21-,22-/m1/s1. The van der Waals surface area contributed by atoms with Crippen LogP contribution in [-0.2, 0) is 10.0 Å². The molecule has 4 aromatic rings. The van der Waals surface area contributed by atoms with Gasteiger partial charge >= 0.3 is 0 Å². The molecule has 1 aliphatic heterocycles. The third kappa shape index (κ3) is 4.54. The first-order valence-electron chi connectivity index (χ1n) is 10.9. The van der Waals surface area contributed by atoms with Crippen LogP contribution in [0, 0.1) is 13.8 Å². The molecular formula is C24H24N6O2S3. The van der Waals surface area contributed by atoms with E-state index >= 15 is 0 Å². The Labute approximate surface area is 213 Å². The maximum absolute atomic E-state index is 11.6. The summed E-state index contributed by atoms with van der Waals surface area (Å²) in [6.45, 7) is 4.17. The predicted molar refractivity (Wildman–Crippen MR) is 144 cm³/mol. The van der Waals surface area contributed by atoms with Gasteiger partial charge in [-0.05, 0) is 74.1 Å². The number of aryl methyl sites for hydroxylation is 1. The quantitative estimate of drug-likeness (QED) is 0.359. The summed E-state index contributed by atoms with van der Waals surface area (Å²) in [7, 11) is -3.37. The number of pyridine rings is 1. The van der Waals surface area contributed by atoms with Gasteiger partial charge in [-0.25, -0.2) is 13.4 Å². The SMILES string of the molecule is Cc1cc([C@@H]2[C@@H](c3ccccn3)NC(=S)N2c2ccc(NS(C)(=O)=O)cc2)c(C)n1-c1nccs1. The molecule has 0 bridgehead atoms. The van der Waals surface area contributed by atoms with E-state index in [4.69, 9.17) is 12.2 Å². The summed E-state index contributed by atoms with van der Waals surface area (Å²) in [5.41, 5.74) is 5.50. The van der Waals surface area contributed by atoms with Gasteiger partial charge in [-0.2, -0.15) is 0 Å². The van der Waals surface area contributed by atoms with Gasteiger partial charge in [0.15, 0.2) is 10.2 Å². The fourth-order valence-electron chi connectivity index (χ4n) is 4.56. The molecule has 0 unspecified atom stereocenters. The van der Waals surface area contributed by atoms with E-state index in [0.29, 0.717) is 10.8 Å². The number of nitrogens with zero attached hydrogens (tertiary/aromatic N) is 4. The van der Waals surface area contributed by atoms with Crippen molar-refractivity contribution in [2.75, 3.05) is 15.9 Å². The first-order chi connectivity index (χ1) is 16.7. The predicted octanol–water partition coefficient (Wildman–Crippen LogP) is 4.49. The van der Waals surface area contributed by atoms with Crippen molar-refractivity contribution in [3.63, 3.8) is 0 Å². The third-order valence-corrected chi connectivity index (χ3v) is 7.62. The van der Waals surface area contributed by atoms with E-state index in [9.17, 15) is 8.42 Å². The van der Waals surface area contributed by atoms with Crippen LogP contribution in [0.5, 0.6) is 0 Å². The number of sulfonamides is 1. The highest BCUT2D eigenvalue weighted by molar-refractivity contribution is 7.92. The lowest BCUT2D eigenvalue weighted by Crippen LogP contribution is -2.29. The second-order valence-corrected chi connectivity index (χ2v) is 11.4. The fourth-order valence-corrected chi connectivity index (χ4v) is 6.22. The summed E-state index contributed by atoms with van der Waals surface area (Å²) in [6.07, 6.45) is 4.72. The number of anilines is 2. The molecule has 0 amide bonds. The van der Waals surface area contributed by atoms with Crippen LogP contribution in [0.1, 0.15) is 34.7 Å². The number of benzene rings is 1. The van der Waals surface area contributed by atoms with E-state index in [-0.39, 0.29) is 12.1 Å². The highest BCUT2D eigenvalue weighted by atomic mass is 32.2. The molecule has 0 radical (unpaired) electrons. The molecular weight excluding hydrogens is 501 g/mol. The van der Waals surface area contributed by atoms with Crippen LogP contribution < -0.4 is 14.9 Å². The molecule has 2 N–H and O–H groups in total. The zero-order chi connectivity index (χ0) is 24.7. The Morgan fingerprint density at radius 3 is 2.49 bits per heavy atom. The molecule has 0 spiro atoms. The number of aromatic nitrogens is 3. The van der Waals surface area contributed by atoms with Crippen LogP contribution in [0.3, 0.4) is 0 Å². The van der Waals surface area contributed by atoms with Crippen LogP contribution in [0.4, 0.5) is 11.4 Å². The Balaban J connectivity index is 1.62. The molecule has 1 aliphatic rings. The van der Waals surface area contributed by atoms with Gasteiger partial charge in [0.05, 0.1) is 24.0 Å². The number of hydrogen-bond acceptors (Lipinski definition) is 6. The van der Waals surface area contributed by atoms with Crippen LogP contribution >= 0.6 is 23.6 Å². The Hall–Kier alpha value is -3.28. The molecule has 1 aromatic carbocycles. The minimum absolute atomic E-state index is 0.175. The number of rotatable bonds is 6. The largest absolute Gasteiger partial charge is 0.351 e. The van der Waals surface area contributed by atoms with E-state index in [1.54, 1.807) is 35.9 Å². The monoisotopic (exact) mass is 524 g/mol. The minimum Gasteiger partial charge on any atom is -0.351 e. The van der Waals surface area contributed by atoms with Crippen molar-refractivity contribution in [1.29, 1.82) is 0 Å². The molecule has 5 rings (SSSR count). The summed E-state index contributed by atoms with van der Waals surface area (Å²) in [5.74, 6) is 0. The molecule has 2 atom stereocenters. The topological polar surface area (TPSA) is 92.2 Å². The second-order valence-electron chi connectivity index (χ2n) is 8.39. The average molecular weight is 525 g/mol. The van der Waals surface area contributed by atoms with Crippen molar-refractivity contribution in [3.8, 4) is 5.13 Å². The summed E-state index contributed by atoms with van der Waals surface area (Å²) in [5, 5.41) is 6.93. The Morgan fingerprint density at radius 2 is 1.86 bits per heavy atom. The zero-order valence-corrected chi connectivity index (χ0v) is 21.8. The van der Waals surface area contributed by atoms with E-state index in [1.165, 1.54) is 0 Å². The lowest BCUT2D eigenvalue weighted by Gasteiger charge is -2.28. The van der Waals surface area contributed by atoms with Gasteiger partial charge in [-0.1, -0.05) is 6.07 Å². The highest BCUT2D eigenvalue weighted by Crippen LogP contribution is 2.44. The molecule has 0 aliphatic carbocycles. The van der Waals surface area contributed by atoms with Crippen molar-refractivity contribution in [1.82, 2.24) is 19.9 Å². The maximum atomic E-state index is 11.6. The lowest BCUT2D eigenvalue weighted by atomic mass is 9.96. The van der Waals surface area contributed by atoms with Crippen LogP contribution in [0.15, 0.2) is 66.3 Å². The van der Waals surface area contributed by atoms with Gasteiger partial charge in [0.1, 0.15) is 0 Å². The van der Waals surface area contributed by atoms with Crippen molar-refractivity contribution in [2.45, 2.75) is 25.9 Å². The molecule has 0 saturated carbocycles. The van der Waals surface area contributed by atoms with Crippen molar-refractivity contribution >= 4 is 50.1 Å². The first-order valence-corrected chi connectivity index (χ1v) is 14.1. The van der Waals surface area contributed by atoms with Crippen LogP contribution in [0.2, 0.25) is 0 Å². The number of nitrogens with one attached hydrogen (secondary N) is 2. The Kier molecular flexibility index (Phi) is 6.07. The summed E-state index contributed by atoms with van der Waals surface area (Å²) in [6, 6.07) is 14.9. The average Bonchev–Trinajstić information content (AvgIpc) is 3.52. The van der Waals surface area contributed by atoms with Crippen LogP contribution in [-0.4, -0.2) is 34.3 Å². The molecule has 4 heterocycles. The summed E-state index contributed by atoms with van der Waals surface area (Å²) >= 11 is 7.41. The molecule has 11 heteroatoms. The van der Waals surface area contributed by atoms with Gasteiger partial charge in [0.25, 0.3) is 0 Å². The number of hydrogen-bond donors (Lipinski definition) is 2. The molecule has 3 aromatic heterocycles. The maximum Gasteiger partial charge on any atom is 0.229 e. The molecule has 180 valence electrons. The summed E-state index contributed by atoms with van der Waals surface area (Å²) in [4.78, 5) is 11.2. The summed E-state index contributed by atoms with van der Waals surface area (Å²) < 4.78 is 27.9. The number of thiazole rings is 1. The third-order valence-electron chi connectivity index (χ3n) is 5.95. The van der Waals surface area contributed by atoms with Crippen molar-refractivity contribution in [2.24, 2.45) is 0 Å². The van der Waals surface area contributed by atoms with E-state index < -0.39 is 10.0 Å². The molecule has 1 saturated heterocycles. The first kappa shape index (κ1) is 23.5. The minimum atomic E-state index is -3.37. The van der Waals surface area contributed by atoms with Gasteiger partial charge in [-0.3, -0.25) is 14.3 Å².